The summed E-state index contributed by atoms with van der Waals surface area (Å²) < 4.78 is 4.46. The number of ether oxygens (including phenoxy) is 1. The van der Waals surface area contributed by atoms with Crippen LogP contribution in [0.4, 0.5) is 4.79 Å². The Morgan fingerprint density at radius 3 is 2.61 bits per heavy atom. The van der Waals surface area contributed by atoms with Crippen molar-refractivity contribution in [3.05, 3.63) is 30.1 Å². The van der Waals surface area contributed by atoms with Crippen LogP contribution in [0.15, 0.2) is 24.4 Å². The number of pyridine rings is 1. The van der Waals surface area contributed by atoms with E-state index in [4.69, 9.17) is 0 Å². The number of methoxy groups -OCH3 is 1. The van der Waals surface area contributed by atoms with Gasteiger partial charge in [0.1, 0.15) is 0 Å². The van der Waals surface area contributed by atoms with Crippen LogP contribution in [0.2, 0.25) is 0 Å². The number of carbonyl (C=O) groups is 2. The zero-order valence-electron chi connectivity index (χ0n) is 10.6. The first-order valence-corrected chi connectivity index (χ1v) is 4.97. The average Bonchev–Trinajstić information content (AvgIpc) is 2.35. The Bertz CT molecular complexity index is 399. The van der Waals surface area contributed by atoms with Crippen molar-refractivity contribution in [1.82, 2.24) is 9.88 Å². The van der Waals surface area contributed by atoms with E-state index >= 15 is 0 Å². The Balaban J connectivity index is 0.00000289. The average molecular weight is 244 g/mol. The Morgan fingerprint density at radius 2 is 2.17 bits per heavy atom. The number of amides is 1. The number of nitrogens with zero attached hydrogens (tertiary/aromatic N) is 2. The Morgan fingerprint density at radius 1 is 1.50 bits per heavy atom. The van der Waals surface area contributed by atoms with Gasteiger partial charge >= 0.3 is 25.0 Å². The SMILES string of the molecule is COC(=O)N(C)C(Cc1ccccn1)C(=O)[O-].[Li+]. The first-order chi connectivity index (χ1) is 8.06. The van der Waals surface area contributed by atoms with Crippen molar-refractivity contribution < 1.29 is 38.3 Å². The van der Waals surface area contributed by atoms with Gasteiger partial charge in [-0.1, -0.05) is 6.07 Å². The minimum Gasteiger partial charge on any atom is -0.548 e. The van der Waals surface area contributed by atoms with Gasteiger partial charge in [0.25, 0.3) is 0 Å². The number of carbonyl (C=O) groups excluding carboxylic acids is 2. The van der Waals surface area contributed by atoms with Crippen molar-refractivity contribution in [3.8, 4) is 0 Å². The molecule has 7 heteroatoms. The molecule has 18 heavy (non-hydrogen) atoms. The summed E-state index contributed by atoms with van der Waals surface area (Å²) in [4.78, 5) is 27.2. The molecule has 1 aromatic rings. The quantitative estimate of drug-likeness (QED) is 0.512. The molecule has 1 rings (SSSR count). The molecule has 0 spiro atoms. The molecule has 0 aliphatic rings. The monoisotopic (exact) mass is 244 g/mol. The van der Waals surface area contributed by atoms with Crippen LogP contribution < -0.4 is 24.0 Å². The second-order valence-electron chi connectivity index (χ2n) is 3.44. The van der Waals surface area contributed by atoms with Crippen molar-refractivity contribution in [2.75, 3.05) is 14.2 Å². The van der Waals surface area contributed by atoms with Crippen LogP contribution in [0.5, 0.6) is 0 Å². The van der Waals surface area contributed by atoms with E-state index in [9.17, 15) is 14.7 Å². The molecule has 0 aromatic carbocycles. The van der Waals surface area contributed by atoms with Gasteiger partial charge in [-0.05, 0) is 12.1 Å². The zero-order valence-corrected chi connectivity index (χ0v) is 10.6. The fourth-order valence-corrected chi connectivity index (χ4v) is 1.37. The third-order valence-electron chi connectivity index (χ3n) is 2.33. The smallest absolute Gasteiger partial charge is 0.548 e. The van der Waals surface area contributed by atoms with Crippen LogP contribution in [0.25, 0.3) is 0 Å². The number of rotatable bonds is 4. The number of carboxylic acid groups (broad SMARTS) is 1. The standard InChI is InChI=1S/C11H14N2O4.Li/c1-13(11(16)17-2)9(10(14)15)7-8-5-3-4-6-12-8;/h3-6,9H,7H2,1-2H3,(H,14,15);/q;+1/p-1. The van der Waals surface area contributed by atoms with Gasteiger partial charge in [-0.2, -0.15) is 0 Å². The third kappa shape index (κ3) is 4.40. The van der Waals surface area contributed by atoms with Crippen molar-refractivity contribution in [2.24, 2.45) is 0 Å². The van der Waals surface area contributed by atoms with Crippen LogP contribution in [-0.4, -0.2) is 42.1 Å². The molecule has 1 heterocycles. The molecule has 92 valence electrons. The van der Waals surface area contributed by atoms with Crippen LogP contribution in [0.3, 0.4) is 0 Å². The Kier molecular flexibility index (Phi) is 7.09. The van der Waals surface area contributed by atoms with E-state index in [1.54, 1.807) is 24.4 Å². The summed E-state index contributed by atoms with van der Waals surface area (Å²) in [5.74, 6) is -1.34. The molecule has 0 N–H and O–H groups in total. The summed E-state index contributed by atoms with van der Waals surface area (Å²) in [5.41, 5.74) is 0.567. The minimum atomic E-state index is -1.34. The molecule has 0 radical (unpaired) electrons. The number of aliphatic carboxylic acids is 1. The second-order valence-corrected chi connectivity index (χ2v) is 3.44. The summed E-state index contributed by atoms with van der Waals surface area (Å²) in [6.45, 7) is 0. The van der Waals surface area contributed by atoms with E-state index in [0.29, 0.717) is 5.69 Å². The number of aromatic nitrogens is 1. The van der Waals surface area contributed by atoms with Crippen molar-refractivity contribution in [1.29, 1.82) is 0 Å². The van der Waals surface area contributed by atoms with Crippen molar-refractivity contribution in [2.45, 2.75) is 12.5 Å². The predicted octanol–water partition coefficient (Wildman–Crippen LogP) is -3.56. The minimum absolute atomic E-state index is 0. The predicted molar refractivity (Wildman–Crippen MR) is 56.9 cm³/mol. The normalized spacial score (nSPS) is 11.0. The molecule has 1 amide bonds. The van der Waals surface area contributed by atoms with Gasteiger partial charge in [-0.3, -0.25) is 4.98 Å². The zero-order chi connectivity index (χ0) is 12.8. The van der Waals surface area contributed by atoms with E-state index in [2.05, 4.69) is 9.72 Å². The van der Waals surface area contributed by atoms with Gasteiger partial charge in [0.05, 0.1) is 19.1 Å². The summed E-state index contributed by atoms with van der Waals surface area (Å²) in [7, 11) is 2.53. The number of hydrogen-bond acceptors (Lipinski definition) is 5. The first kappa shape index (κ1) is 16.5. The summed E-state index contributed by atoms with van der Waals surface area (Å²) in [6.07, 6.45) is 0.907. The number of likely N-dealkylation sites (N-methyl/N-ethyl adjacent to an activating group) is 1. The molecular formula is C11H13LiN2O4. The molecule has 0 saturated carbocycles. The molecule has 0 saturated heterocycles. The second kappa shape index (κ2) is 7.74. The van der Waals surface area contributed by atoms with Gasteiger partial charge in [0.2, 0.25) is 0 Å². The molecule has 1 unspecified atom stereocenters. The fraction of sp³-hybridized carbons (Fsp3) is 0.364. The third-order valence-corrected chi connectivity index (χ3v) is 2.33. The topological polar surface area (TPSA) is 82.6 Å². The Labute approximate surface area is 117 Å². The van der Waals surface area contributed by atoms with Gasteiger partial charge < -0.3 is 19.5 Å². The molecule has 0 fully saturated rings. The maximum Gasteiger partial charge on any atom is 1.00 e. The maximum atomic E-state index is 11.2. The number of carboxylic acids is 1. The van der Waals surface area contributed by atoms with Crippen molar-refractivity contribution >= 4 is 12.1 Å². The van der Waals surface area contributed by atoms with E-state index in [0.717, 1.165) is 4.90 Å². The summed E-state index contributed by atoms with van der Waals surface area (Å²) >= 11 is 0. The van der Waals surface area contributed by atoms with E-state index < -0.39 is 18.1 Å². The number of hydrogen-bond donors (Lipinski definition) is 0. The Hall–Kier alpha value is -1.51. The molecule has 1 atom stereocenters. The van der Waals surface area contributed by atoms with Gasteiger partial charge in [0.15, 0.2) is 0 Å². The summed E-state index contributed by atoms with van der Waals surface area (Å²) in [5, 5.41) is 11.0. The maximum absolute atomic E-state index is 11.2. The van der Waals surface area contributed by atoms with Crippen LogP contribution >= 0.6 is 0 Å². The first-order valence-electron chi connectivity index (χ1n) is 4.97. The van der Waals surface area contributed by atoms with Crippen LogP contribution in [0.1, 0.15) is 5.69 Å². The van der Waals surface area contributed by atoms with Crippen LogP contribution in [0, 0.1) is 0 Å². The molecule has 0 aliphatic heterocycles. The van der Waals surface area contributed by atoms with E-state index in [-0.39, 0.29) is 25.3 Å². The fourth-order valence-electron chi connectivity index (χ4n) is 1.37. The largest absolute Gasteiger partial charge is 1.00 e. The molecule has 1 aromatic heterocycles. The van der Waals surface area contributed by atoms with E-state index in [1.807, 2.05) is 0 Å². The van der Waals surface area contributed by atoms with Crippen LogP contribution in [-0.2, 0) is 16.0 Å². The van der Waals surface area contributed by atoms with E-state index in [1.165, 1.54) is 14.2 Å². The molecule has 6 nitrogen and oxygen atoms in total. The van der Waals surface area contributed by atoms with Gasteiger partial charge in [0, 0.05) is 25.4 Å². The molecule has 0 aliphatic carbocycles. The molecule has 0 bridgehead atoms. The van der Waals surface area contributed by atoms with Gasteiger partial charge in [-0.25, -0.2) is 4.79 Å². The van der Waals surface area contributed by atoms with Crippen molar-refractivity contribution in [3.63, 3.8) is 0 Å². The van der Waals surface area contributed by atoms with Gasteiger partial charge in [-0.15, -0.1) is 0 Å². The summed E-state index contributed by atoms with van der Waals surface area (Å²) in [6, 6.07) is 4.05. The molecular weight excluding hydrogens is 231 g/mol.